The number of likely N-dealkylation sites (tertiary alicyclic amines) is 1. The van der Waals surface area contributed by atoms with Crippen molar-refractivity contribution in [2.75, 3.05) is 19.0 Å². The Hall–Kier alpha value is -3.17. The molecule has 1 fully saturated rings. The van der Waals surface area contributed by atoms with Gasteiger partial charge in [-0.25, -0.2) is 9.78 Å². The highest BCUT2D eigenvalue weighted by atomic mass is 79.9. The van der Waals surface area contributed by atoms with E-state index < -0.39 is 12.1 Å². The van der Waals surface area contributed by atoms with Crippen LogP contribution in [0, 0.1) is 5.92 Å². The summed E-state index contributed by atoms with van der Waals surface area (Å²) in [6.07, 6.45) is 0.926. The van der Waals surface area contributed by atoms with E-state index in [0.717, 1.165) is 29.5 Å². The lowest BCUT2D eigenvalue weighted by Gasteiger charge is -2.29. The second kappa shape index (κ2) is 12.1. The summed E-state index contributed by atoms with van der Waals surface area (Å²) in [5.41, 5.74) is 4.12. The molecule has 3 aromatic rings. The Bertz CT molecular complexity index is 1310. The Morgan fingerprint density at radius 2 is 1.71 bits per heavy atom. The molecule has 2 atom stereocenters. The van der Waals surface area contributed by atoms with Crippen molar-refractivity contribution in [2.24, 2.45) is 5.92 Å². The van der Waals surface area contributed by atoms with Gasteiger partial charge in [0.25, 0.3) is 0 Å². The minimum absolute atomic E-state index is 0.0397. The van der Waals surface area contributed by atoms with Gasteiger partial charge in [-0.3, -0.25) is 9.59 Å². The minimum Gasteiger partial charge on any atom is -0.453 e. The quantitative estimate of drug-likeness (QED) is 0.243. The van der Waals surface area contributed by atoms with E-state index in [2.05, 4.69) is 26.2 Å². The highest BCUT2D eigenvalue weighted by Gasteiger charge is 2.37. The van der Waals surface area contributed by atoms with Crippen molar-refractivity contribution < 1.29 is 19.1 Å². The summed E-state index contributed by atoms with van der Waals surface area (Å²) in [7, 11) is 1.28. The van der Waals surface area contributed by atoms with Gasteiger partial charge in [0, 0.05) is 17.7 Å². The summed E-state index contributed by atoms with van der Waals surface area (Å²) in [6, 6.07) is 14.4. The van der Waals surface area contributed by atoms with E-state index in [0.29, 0.717) is 34.1 Å². The number of amides is 2. The van der Waals surface area contributed by atoms with Crippen LogP contribution in [-0.4, -0.2) is 57.7 Å². The maximum atomic E-state index is 13.4. The Balaban J connectivity index is 1.53. The van der Waals surface area contributed by atoms with Gasteiger partial charge in [-0.2, -0.15) is 0 Å². The molecule has 0 spiro atoms. The number of carbonyl (C=O) groups is 3. The standard InChI is InChI=1S/C28H30BrClN4O4/c1-16(2)23(32-28(37)38-3)27(36)34-14-4-5-21(34)26-31-24(25(30)33-26)20-12-8-18(9-13-20)17-6-10-19(11-7-17)22(35)15-29/h6-13,16,21,23H,4-5,14-15H2,1-3H3,(H,31,33)(H,32,37). The second-order valence-electron chi connectivity index (χ2n) is 9.54. The number of aromatic nitrogens is 2. The molecular formula is C28H30BrClN4O4. The van der Waals surface area contributed by atoms with E-state index in [-0.39, 0.29) is 23.7 Å². The van der Waals surface area contributed by atoms with Crippen LogP contribution in [0.5, 0.6) is 0 Å². The van der Waals surface area contributed by atoms with E-state index >= 15 is 0 Å². The molecule has 38 heavy (non-hydrogen) atoms. The molecule has 1 saturated heterocycles. The Morgan fingerprint density at radius 3 is 2.29 bits per heavy atom. The van der Waals surface area contributed by atoms with Crippen molar-refractivity contribution in [3.63, 3.8) is 0 Å². The van der Waals surface area contributed by atoms with Crippen LogP contribution in [0.1, 0.15) is 48.9 Å². The number of ether oxygens (including phenoxy) is 1. The number of H-pyrrole nitrogens is 1. The average molecular weight is 602 g/mol. The van der Waals surface area contributed by atoms with Gasteiger partial charge in [-0.05, 0) is 29.9 Å². The maximum absolute atomic E-state index is 13.4. The molecule has 2 unspecified atom stereocenters. The molecule has 2 heterocycles. The molecule has 0 saturated carbocycles. The molecule has 2 amide bonds. The topological polar surface area (TPSA) is 104 Å². The monoisotopic (exact) mass is 600 g/mol. The van der Waals surface area contributed by atoms with E-state index in [1.54, 1.807) is 4.90 Å². The van der Waals surface area contributed by atoms with Crippen LogP contribution in [0.3, 0.4) is 0 Å². The Labute approximate surface area is 235 Å². The highest BCUT2D eigenvalue weighted by Crippen LogP contribution is 2.36. The number of methoxy groups -OCH3 is 1. The molecule has 8 nitrogen and oxygen atoms in total. The number of carbonyl (C=O) groups excluding carboxylic acids is 3. The van der Waals surface area contributed by atoms with Crippen LogP contribution in [-0.2, 0) is 9.53 Å². The number of rotatable bonds is 8. The minimum atomic E-state index is -0.702. The van der Waals surface area contributed by atoms with Gasteiger partial charge in [-0.1, -0.05) is 89.9 Å². The number of benzene rings is 2. The molecule has 200 valence electrons. The van der Waals surface area contributed by atoms with E-state index in [4.69, 9.17) is 21.3 Å². The lowest BCUT2D eigenvalue weighted by molar-refractivity contribution is -0.135. The highest BCUT2D eigenvalue weighted by molar-refractivity contribution is 9.09. The molecule has 0 radical (unpaired) electrons. The van der Waals surface area contributed by atoms with Gasteiger partial charge < -0.3 is 19.9 Å². The number of ketones is 1. The van der Waals surface area contributed by atoms with Gasteiger partial charge in [0.1, 0.15) is 22.7 Å². The fourth-order valence-corrected chi connectivity index (χ4v) is 5.23. The molecule has 0 aliphatic carbocycles. The SMILES string of the molecule is COC(=O)NC(C(=O)N1CCCC1c1nc(-c2ccc(-c3ccc(C(=O)CBr)cc3)cc2)c(Cl)[nH]1)C(C)C. The number of hydrogen-bond acceptors (Lipinski definition) is 5. The summed E-state index contributed by atoms with van der Waals surface area (Å²) in [4.78, 5) is 46.8. The van der Waals surface area contributed by atoms with Crippen molar-refractivity contribution in [1.82, 2.24) is 20.2 Å². The van der Waals surface area contributed by atoms with E-state index in [1.807, 2.05) is 62.4 Å². The third kappa shape index (κ3) is 5.94. The Kier molecular flexibility index (Phi) is 8.89. The largest absolute Gasteiger partial charge is 0.453 e. The number of aromatic amines is 1. The third-order valence-electron chi connectivity index (χ3n) is 6.74. The Morgan fingerprint density at radius 1 is 1.11 bits per heavy atom. The number of halogens is 2. The molecule has 10 heteroatoms. The van der Waals surface area contributed by atoms with Crippen LogP contribution in [0.25, 0.3) is 22.4 Å². The van der Waals surface area contributed by atoms with Gasteiger partial charge in [0.05, 0.1) is 18.5 Å². The van der Waals surface area contributed by atoms with Crippen molar-refractivity contribution >= 4 is 45.3 Å². The van der Waals surface area contributed by atoms with Crippen LogP contribution < -0.4 is 5.32 Å². The van der Waals surface area contributed by atoms with Gasteiger partial charge >= 0.3 is 6.09 Å². The first-order valence-corrected chi connectivity index (χ1v) is 13.9. The van der Waals surface area contributed by atoms with Crippen LogP contribution >= 0.6 is 27.5 Å². The first kappa shape index (κ1) is 27.9. The predicted octanol–water partition coefficient (Wildman–Crippen LogP) is 6.02. The van der Waals surface area contributed by atoms with Crippen molar-refractivity contribution in [3.05, 3.63) is 65.1 Å². The van der Waals surface area contributed by atoms with E-state index in [1.165, 1.54) is 7.11 Å². The van der Waals surface area contributed by atoms with Crippen LogP contribution in [0.15, 0.2) is 48.5 Å². The van der Waals surface area contributed by atoms with Gasteiger partial charge in [0.15, 0.2) is 5.78 Å². The number of alkyl carbamates (subject to hydrolysis) is 1. The lowest BCUT2D eigenvalue weighted by Crippen LogP contribution is -2.51. The lowest BCUT2D eigenvalue weighted by atomic mass is 10.0. The van der Waals surface area contributed by atoms with Crippen molar-refractivity contribution in [1.29, 1.82) is 0 Å². The zero-order valence-electron chi connectivity index (χ0n) is 21.5. The maximum Gasteiger partial charge on any atom is 0.407 e. The molecule has 1 aromatic heterocycles. The molecule has 4 rings (SSSR count). The average Bonchev–Trinajstić information content (AvgIpc) is 3.57. The molecule has 1 aliphatic rings. The molecular weight excluding hydrogens is 572 g/mol. The van der Waals surface area contributed by atoms with E-state index in [9.17, 15) is 14.4 Å². The summed E-state index contributed by atoms with van der Waals surface area (Å²) in [5.74, 6) is 0.374. The number of hydrogen-bond donors (Lipinski definition) is 2. The zero-order valence-corrected chi connectivity index (χ0v) is 23.8. The predicted molar refractivity (Wildman–Crippen MR) is 150 cm³/mol. The number of imidazole rings is 1. The number of alkyl halides is 1. The summed E-state index contributed by atoms with van der Waals surface area (Å²) < 4.78 is 4.71. The van der Waals surface area contributed by atoms with Gasteiger partial charge in [0.2, 0.25) is 5.91 Å². The smallest absolute Gasteiger partial charge is 0.407 e. The molecule has 1 aliphatic heterocycles. The number of Topliss-reactive ketones (excluding diaryl/α,β-unsaturated/α-hetero) is 1. The molecule has 2 N–H and O–H groups in total. The molecule has 2 aromatic carbocycles. The van der Waals surface area contributed by atoms with Crippen LogP contribution in [0.4, 0.5) is 4.79 Å². The first-order valence-electron chi connectivity index (χ1n) is 12.4. The first-order chi connectivity index (χ1) is 18.2. The normalized spacial score (nSPS) is 15.9. The summed E-state index contributed by atoms with van der Waals surface area (Å²) >= 11 is 9.77. The second-order valence-corrected chi connectivity index (χ2v) is 10.5. The number of nitrogens with zero attached hydrogens (tertiary/aromatic N) is 2. The molecule has 0 bridgehead atoms. The van der Waals surface area contributed by atoms with Crippen molar-refractivity contribution in [3.8, 4) is 22.4 Å². The third-order valence-corrected chi connectivity index (χ3v) is 7.52. The van der Waals surface area contributed by atoms with Gasteiger partial charge in [-0.15, -0.1) is 0 Å². The number of nitrogens with one attached hydrogen (secondary N) is 2. The fraction of sp³-hybridized carbons (Fsp3) is 0.357. The van der Waals surface area contributed by atoms with Crippen molar-refractivity contribution in [2.45, 2.75) is 38.8 Å². The summed E-state index contributed by atoms with van der Waals surface area (Å²) in [6.45, 7) is 4.33. The fourth-order valence-electron chi connectivity index (χ4n) is 4.66. The zero-order chi connectivity index (χ0) is 27.4. The summed E-state index contributed by atoms with van der Waals surface area (Å²) in [5, 5.41) is 3.35. The van der Waals surface area contributed by atoms with Crippen LogP contribution in [0.2, 0.25) is 5.15 Å².